The van der Waals surface area contributed by atoms with Gasteiger partial charge in [-0.15, -0.1) is 0 Å². The van der Waals surface area contributed by atoms with Gasteiger partial charge >= 0.3 is 0 Å². The topological polar surface area (TPSA) is 54.0 Å². The molecule has 0 N–H and O–H groups in total. The number of carbonyl (C=O) groups is 1. The van der Waals surface area contributed by atoms with Crippen molar-refractivity contribution < 1.29 is 63.4 Å². The van der Waals surface area contributed by atoms with E-state index in [1.54, 1.807) is 5.92 Å². The molecule has 0 aromatic carbocycles. The van der Waals surface area contributed by atoms with Crippen molar-refractivity contribution in [1.29, 1.82) is 0 Å². The molecule has 7 heteroatoms. The molecule has 0 aromatic rings. The van der Waals surface area contributed by atoms with Crippen LogP contribution in [0.2, 0.25) is 0 Å². The number of hydrogen-bond donors (Lipinski definition) is 0. The molecule has 5 aliphatic carbocycles. The van der Waals surface area contributed by atoms with Crippen molar-refractivity contribution in [3.8, 4) is 0 Å². The van der Waals surface area contributed by atoms with E-state index in [9.17, 15) is 4.79 Å². The van der Waals surface area contributed by atoms with E-state index in [1.807, 2.05) is 6.92 Å². The largest absolute Gasteiger partial charge is 0.379 e. The SMILES string of the molecule is CCC1O[C@@H](OC2[C@H](O[C@H]3CCC4(C)C5CCC6C7CC(C)(C)CC[C@]7(C(C)=O)[CH-]C[C@@]6(C)[C@@]5(C)CC[C@H]4[C-]3C)OC(C)[C@H](C)[C@@H]2C)C(C)[C@@H](C)[C@H]1C.[V].[W]. The fraction of sp³-hybridized carbons (Fsp3) is 0.938. The Labute approximate surface area is 364 Å². The van der Waals surface area contributed by atoms with Crippen LogP contribution in [0.5, 0.6) is 0 Å². The monoisotopic (exact) mass is 971 g/mol. The first-order chi connectivity index (χ1) is 24.7. The first kappa shape index (κ1) is 46.8. The average molecular weight is 972 g/mol. The number of Topliss-reactive ketones (excluding diaryl/α,β-unsaturated/α-hetero) is 1. The Balaban J connectivity index is 0.00000290. The predicted molar refractivity (Wildman–Crippen MR) is 213 cm³/mol. The third kappa shape index (κ3) is 7.38. The van der Waals surface area contributed by atoms with Gasteiger partial charge < -0.3 is 30.2 Å². The van der Waals surface area contributed by atoms with Gasteiger partial charge in [-0.3, -0.25) is 5.92 Å². The zero-order chi connectivity index (χ0) is 38.6. The third-order valence-electron chi connectivity index (χ3n) is 19.6. The van der Waals surface area contributed by atoms with Gasteiger partial charge in [-0.2, -0.15) is 19.3 Å². The predicted octanol–water partition coefficient (Wildman–Crippen LogP) is 11.7. The van der Waals surface area contributed by atoms with Crippen LogP contribution in [0.3, 0.4) is 0 Å². The maximum atomic E-state index is 13.5. The zero-order valence-corrected chi connectivity index (χ0v) is 41.7. The summed E-state index contributed by atoms with van der Waals surface area (Å²) in [6.45, 7) is 33.4. The molecule has 7 fully saturated rings. The fourth-order valence-electron chi connectivity index (χ4n) is 15.0. The minimum Gasteiger partial charge on any atom is -0.379 e. The number of carbonyl (C=O) groups excluding carboxylic acids is 1. The number of ketones is 1. The summed E-state index contributed by atoms with van der Waals surface area (Å²) in [4.78, 5) is 13.5. The summed E-state index contributed by atoms with van der Waals surface area (Å²) in [6.07, 6.45) is 15.1. The van der Waals surface area contributed by atoms with Crippen LogP contribution in [0.4, 0.5) is 0 Å². The van der Waals surface area contributed by atoms with Crippen molar-refractivity contribution in [1.82, 2.24) is 0 Å². The molecule has 19 atom stereocenters. The second-order valence-corrected chi connectivity index (χ2v) is 22.1. The Hall–Kier alpha value is 0.783. The van der Waals surface area contributed by atoms with E-state index < -0.39 is 6.29 Å². The van der Waals surface area contributed by atoms with E-state index >= 15 is 0 Å². The molecule has 0 amide bonds. The summed E-state index contributed by atoms with van der Waals surface area (Å²) in [5.74, 6) is 6.40. The van der Waals surface area contributed by atoms with E-state index in [-0.39, 0.29) is 92.0 Å². The molecule has 5 nitrogen and oxygen atoms in total. The smallest absolute Gasteiger partial charge is 0.182 e. The summed E-state index contributed by atoms with van der Waals surface area (Å²) < 4.78 is 27.8. The van der Waals surface area contributed by atoms with Crippen LogP contribution < -0.4 is 0 Å². The normalized spacial score (nSPS) is 53.6. The van der Waals surface area contributed by atoms with Crippen LogP contribution in [0.25, 0.3) is 0 Å². The Morgan fingerprint density at radius 2 is 1.45 bits per heavy atom. The Bertz CT molecular complexity index is 1360. The van der Waals surface area contributed by atoms with Crippen molar-refractivity contribution in [2.24, 2.45) is 80.3 Å². The van der Waals surface area contributed by atoms with Crippen LogP contribution in [0.15, 0.2) is 0 Å². The molecule has 0 aromatic heterocycles. The van der Waals surface area contributed by atoms with Crippen LogP contribution >= 0.6 is 0 Å². The third-order valence-corrected chi connectivity index (χ3v) is 19.6. The number of hydrogen-bond acceptors (Lipinski definition) is 5. The van der Waals surface area contributed by atoms with Gasteiger partial charge in [0.15, 0.2) is 12.6 Å². The number of fused-ring (bicyclic) bond motifs is 7. The maximum Gasteiger partial charge on any atom is 0.182 e. The van der Waals surface area contributed by atoms with E-state index in [0.717, 1.165) is 25.7 Å². The molecule has 0 bridgehead atoms. The standard InChI is InChI=1S/C48H80O5.V.W/c1-15-38-29(4)27(2)31(6)42(51-38)53-41-30(5)28(3)33(8)50-43(41)52-39-19-20-45(12)35(32(39)7)18-21-47(14)40(45)17-16-36-37-26-44(10,11)22-24-48(37,34(9)49)25-23-46(36,47)13;;/h25,27-31,33,35-43H,15-24,26H2,1-14H3;;/q-2;;/t27-,28+,29+,30-,31?,33?,35-,36?,37?,38?,39-,40?,41?,42-,43-,45?,46+,47-,48+;;/m0../s1. The summed E-state index contributed by atoms with van der Waals surface area (Å²) in [5, 5.41) is 0. The molecule has 2 saturated heterocycles. The quantitative estimate of drug-likeness (QED) is 0.196. The minimum absolute atomic E-state index is 0. The molecule has 55 heavy (non-hydrogen) atoms. The van der Waals surface area contributed by atoms with E-state index in [1.165, 1.54) is 44.9 Å². The number of rotatable bonds is 6. The van der Waals surface area contributed by atoms with Gasteiger partial charge in [0.05, 0.1) is 12.2 Å². The first-order valence-electron chi connectivity index (χ1n) is 22.5. The molecular weight excluding hydrogens is 891 g/mol. The maximum absolute atomic E-state index is 13.5. The van der Waals surface area contributed by atoms with Crippen molar-refractivity contribution in [3.63, 3.8) is 0 Å². The molecule has 1 radical (unpaired) electrons. The van der Waals surface area contributed by atoms with Gasteiger partial charge in [-0.05, 0) is 105 Å². The summed E-state index contributed by atoms with van der Waals surface area (Å²) in [7, 11) is 0. The van der Waals surface area contributed by atoms with Crippen molar-refractivity contribution in [2.75, 3.05) is 0 Å². The van der Waals surface area contributed by atoms with Gasteiger partial charge in [0.2, 0.25) is 0 Å². The molecule has 8 unspecified atom stereocenters. The zero-order valence-electron chi connectivity index (χ0n) is 37.4. The second kappa shape index (κ2) is 16.6. The average Bonchev–Trinajstić information content (AvgIpc) is 3.10. The molecule has 0 spiro atoms. The van der Waals surface area contributed by atoms with Gasteiger partial charge in [-0.25, -0.2) is 0 Å². The van der Waals surface area contributed by atoms with Gasteiger partial charge in [-0.1, -0.05) is 124 Å². The first-order valence-corrected chi connectivity index (χ1v) is 22.5. The molecule has 315 valence electrons. The minimum atomic E-state index is -0.395. The summed E-state index contributed by atoms with van der Waals surface area (Å²) in [6, 6.07) is 0. The van der Waals surface area contributed by atoms with Crippen molar-refractivity contribution in [2.45, 2.75) is 205 Å². The van der Waals surface area contributed by atoms with Crippen LogP contribution in [0, 0.1) is 92.7 Å². The van der Waals surface area contributed by atoms with E-state index in [2.05, 4.69) is 96.4 Å². The van der Waals surface area contributed by atoms with E-state index in [0.29, 0.717) is 64.5 Å². The van der Waals surface area contributed by atoms with Gasteiger partial charge in [0.1, 0.15) is 11.9 Å². The Kier molecular flexibility index (Phi) is 14.1. The summed E-state index contributed by atoms with van der Waals surface area (Å²) >= 11 is 0. The van der Waals surface area contributed by atoms with Crippen LogP contribution in [-0.4, -0.2) is 42.8 Å². The molecular formula is C48H80O5VW-2. The van der Waals surface area contributed by atoms with E-state index in [4.69, 9.17) is 18.9 Å². The van der Waals surface area contributed by atoms with Crippen molar-refractivity contribution in [3.05, 3.63) is 12.3 Å². The fourth-order valence-corrected chi connectivity index (χ4v) is 15.0. The Morgan fingerprint density at radius 3 is 2.11 bits per heavy atom. The molecule has 7 aliphatic rings. The molecule has 5 saturated carbocycles. The summed E-state index contributed by atoms with van der Waals surface area (Å²) in [5.41, 5.74) is 0.880. The van der Waals surface area contributed by atoms with Gasteiger partial charge in [0.25, 0.3) is 0 Å². The van der Waals surface area contributed by atoms with Crippen LogP contribution in [-0.2, 0) is 63.4 Å². The molecule has 7 rings (SSSR count). The second-order valence-electron chi connectivity index (χ2n) is 22.1. The van der Waals surface area contributed by atoms with Crippen LogP contribution in [0.1, 0.15) is 168 Å². The van der Waals surface area contributed by atoms with Gasteiger partial charge in [0, 0.05) is 45.5 Å². The van der Waals surface area contributed by atoms with Crippen molar-refractivity contribution >= 4 is 5.78 Å². The molecule has 2 aliphatic heterocycles. The molecule has 2 heterocycles. The Morgan fingerprint density at radius 1 is 0.764 bits per heavy atom. The number of ether oxygens (including phenoxy) is 4.